The third-order valence-electron chi connectivity index (χ3n) is 6.28. The number of hydrogen-bond donors (Lipinski definition) is 2. The maximum Gasteiger partial charge on any atom is 0.387 e. The van der Waals surface area contributed by atoms with Gasteiger partial charge in [0, 0.05) is 30.9 Å². The third kappa shape index (κ3) is 3.44. The van der Waals surface area contributed by atoms with Gasteiger partial charge in [-0.2, -0.15) is 8.78 Å². The summed E-state index contributed by atoms with van der Waals surface area (Å²) in [5.74, 6) is -1.10. The maximum absolute atomic E-state index is 13.5. The lowest BCUT2D eigenvalue weighted by atomic mass is 9.89. The molecule has 2 aliphatic rings. The molecule has 0 amide bonds. The lowest BCUT2D eigenvalue weighted by Gasteiger charge is -2.24. The van der Waals surface area contributed by atoms with Crippen molar-refractivity contribution >= 4 is 16.9 Å². The molecule has 6 nitrogen and oxygen atoms in total. The quantitative estimate of drug-likeness (QED) is 0.610. The van der Waals surface area contributed by atoms with Crippen LogP contribution in [0.5, 0.6) is 5.75 Å². The highest BCUT2D eigenvalue weighted by Gasteiger charge is 2.30. The normalized spacial score (nSPS) is 18.1. The number of nitrogens with one attached hydrogen (secondary N) is 1. The van der Waals surface area contributed by atoms with E-state index < -0.39 is 18.0 Å². The molecular formula is C24H22F2N2O4. The summed E-state index contributed by atoms with van der Waals surface area (Å²) in [4.78, 5) is 24.4. The van der Waals surface area contributed by atoms with E-state index in [1.807, 2.05) is 18.2 Å². The van der Waals surface area contributed by atoms with Crippen molar-refractivity contribution in [3.05, 3.63) is 63.4 Å². The van der Waals surface area contributed by atoms with Crippen LogP contribution in [0, 0.1) is 0 Å². The number of aromatic carboxylic acids is 1. The first kappa shape index (κ1) is 20.6. The molecule has 0 unspecified atom stereocenters. The van der Waals surface area contributed by atoms with Crippen LogP contribution in [0.1, 0.15) is 53.2 Å². The number of rotatable bonds is 5. The fourth-order valence-electron chi connectivity index (χ4n) is 4.59. The van der Waals surface area contributed by atoms with Gasteiger partial charge < -0.3 is 19.7 Å². The lowest BCUT2D eigenvalue weighted by molar-refractivity contribution is -0.0486. The second-order valence-corrected chi connectivity index (χ2v) is 8.48. The van der Waals surface area contributed by atoms with E-state index in [4.69, 9.17) is 4.74 Å². The van der Waals surface area contributed by atoms with Crippen molar-refractivity contribution in [2.45, 2.75) is 44.9 Å². The molecule has 1 aliphatic heterocycles. The molecular weight excluding hydrogens is 418 g/mol. The summed E-state index contributed by atoms with van der Waals surface area (Å²) < 4.78 is 33.6. The number of carbonyl (C=O) groups is 1. The van der Waals surface area contributed by atoms with Crippen molar-refractivity contribution < 1.29 is 23.4 Å². The van der Waals surface area contributed by atoms with Gasteiger partial charge >= 0.3 is 12.6 Å². The second-order valence-electron chi connectivity index (χ2n) is 8.48. The predicted molar refractivity (Wildman–Crippen MR) is 116 cm³/mol. The van der Waals surface area contributed by atoms with Crippen LogP contribution in [0.25, 0.3) is 22.0 Å². The summed E-state index contributed by atoms with van der Waals surface area (Å²) in [7, 11) is 0. The first-order valence-electron chi connectivity index (χ1n) is 10.6. The smallest absolute Gasteiger partial charge is 0.387 e. The summed E-state index contributed by atoms with van der Waals surface area (Å²) in [6.07, 6.45) is 2.81. The molecule has 2 N–H and O–H groups in total. The molecule has 0 radical (unpaired) electrons. The molecule has 166 valence electrons. The molecule has 1 atom stereocenters. The lowest BCUT2D eigenvalue weighted by Crippen LogP contribution is -2.26. The fourth-order valence-corrected chi connectivity index (χ4v) is 4.59. The highest BCUT2D eigenvalue weighted by molar-refractivity contribution is 5.97. The molecule has 3 aromatic rings. The van der Waals surface area contributed by atoms with Crippen LogP contribution in [0.2, 0.25) is 0 Å². The molecule has 0 spiro atoms. The molecule has 1 aromatic heterocycles. The zero-order valence-electron chi connectivity index (χ0n) is 17.4. The standard InChI is InChI=1S/C24H22F2N2O4/c1-12-9-27-10-14-8-13(2-5-16(12)14)17-6-7-18-20(22(17)32-24(25)26)28(15-3-4-15)11-19(21(18)29)23(30)31/h2,5-8,11-12,15,24,27H,3-4,9-10H2,1H3,(H,30,31)/t12-/m0/s1. The summed E-state index contributed by atoms with van der Waals surface area (Å²) in [5.41, 5.74) is 2.57. The van der Waals surface area contributed by atoms with Gasteiger partial charge in [-0.05, 0) is 53.6 Å². The van der Waals surface area contributed by atoms with E-state index in [9.17, 15) is 23.5 Å². The maximum atomic E-state index is 13.5. The minimum Gasteiger partial charge on any atom is -0.477 e. The van der Waals surface area contributed by atoms with Crippen LogP contribution >= 0.6 is 0 Å². The molecule has 32 heavy (non-hydrogen) atoms. The molecule has 1 saturated carbocycles. The Bertz CT molecular complexity index is 1300. The molecule has 8 heteroatoms. The van der Waals surface area contributed by atoms with E-state index in [0.29, 0.717) is 23.6 Å². The Morgan fingerprint density at radius 3 is 2.72 bits per heavy atom. The van der Waals surface area contributed by atoms with Gasteiger partial charge in [-0.25, -0.2) is 4.79 Å². The Balaban J connectivity index is 1.79. The third-order valence-corrected chi connectivity index (χ3v) is 6.28. The largest absolute Gasteiger partial charge is 0.477 e. The minimum atomic E-state index is -3.10. The number of fused-ring (bicyclic) bond motifs is 2. The monoisotopic (exact) mass is 440 g/mol. The van der Waals surface area contributed by atoms with Gasteiger partial charge in [-0.3, -0.25) is 4.79 Å². The number of aromatic nitrogens is 1. The van der Waals surface area contributed by atoms with Gasteiger partial charge in [0.15, 0.2) is 5.75 Å². The zero-order valence-corrected chi connectivity index (χ0v) is 17.4. The Kier molecular flexibility index (Phi) is 4.97. The van der Waals surface area contributed by atoms with Crippen molar-refractivity contribution in [1.29, 1.82) is 0 Å². The topological polar surface area (TPSA) is 80.6 Å². The molecule has 2 aromatic carbocycles. The van der Waals surface area contributed by atoms with Gasteiger partial charge in [0.1, 0.15) is 5.56 Å². The number of carboxylic acid groups (broad SMARTS) is 1. The highest BCUT2D eigenvalue weighted by Crippen LogP contribution is 2.43. The number of pyridine rings is 1. The Hall–Kier alpha value is -3.26. The molecule has 1 aliphatic carbocycles. The first-order chi connectivity index (χ1) is 15.3. The molecule has 2 heterocycles. The highest BCUT2D eigenvalue weighted by atomic mass is 19.3. The number of benzene rings is 2. The van der Waals surface area contributed by atoms with Gasteiger partial charge in [0.05, 0.1) is 10.9 Å². The molecule has 0 saturated heterocycles. The van der Waals surface area contributed by atoms with Crippen molar-refractivity contribution in [3.8, 4) is 16.9 Å². The van der Waals surface area contributed by atoms with Crippen LogP contribution in [0.4, 0.5) is 8.78 Å². The fraction of sp³-hybridized carbons (Fsp3) is 0.333. The average Bonchev–Trinajstić information content (AvgIpc) is 3.59. The first-order valence-corrected chi connectivity index (χ1v) is 10.6. The van der Waals surface area contributed by atoms with Gasteiger partial charge in [0.25, 0.3) is 0 Å². The predicted octanol–water partition coefficient (Wildman–Crippen LogP) is 4.51. The van der Waals surface area contributed by atoms with Crippen molar-refractivity contribution in [2.75, 3.05) is 6.54 Å². The average molecular weight is 440 g/mol. The molecule has 0 bridgehead atoms. The summed E-state index contributed by atoms with van der Waals surface area (Å²) >= 11 is 0. The second kappa shape index (κ2) is 7.70. The van der Waals surface area contributed by atoms with Crippen LogP contribution in [-0.2, 0) is 6.54 Å². The van der Waals surface area contributed by atoms with Gasteiger partial charge in [-0.15, -0.1) is 0 Å². The van der Waals surface area contributed by atoms with Crippen molar-refractivity contribution in [2.24, 2.45) is 0 Å². The van der Waals surface area contributed by atoms with Crippen LogP contribution in [0.15, 0.2) is 41.3 Å². The number of carboxylic acids is 1. The number of halogens is 2. The number of hydrogen-bond acceptors (Lipinski definition) is 4. The van der Waals surface area contributed by atoms with E-state index in [1.165, 1.54) is 17.8 Å². The summed E-state index contributed by atoms with van der Waals surface area (Å²) in [6, 6.07) is 8.87. The number of ether oxygens (including phenoxy) is 1. The zero-order chi connectivity index (χ0) is 22.6. The number of nitrogens with zero attached hydrogens (tertiary/aromatic N) is 1. The Morgan fingerprint density at radius 1 is 1.25 bits per heavy atom. The van der Waals surface area contributed by atoms with Gasteiger partial charge in [0.2, 0.25) is 5.43 Å². The van der Waals surface area contributed by atoms with Crippen LogP contribution in [-0.4, -0.2) is 28.8 Å². The van der Waals surface area contributed by atoms with Crippen molar-refractivity contribution in [1.82, 2.24) is 9.88 Å². The van der Waals surface area contributed by atoms with Gasteiger partial charge in [-0.1, -0.05) is 19.1 Å². The van der Waals surface area contributed by atoms with Crippen LogP contribution in [0.3, 0.4) is 0 Å². The summed E-state index contributed by atoms with van der Waals surface area (Å²) in [5, 5.41) is 12.9. The van der Waals surface area contributed by atoms with E-state index >= 15 is 0 Å². The van der Waals surface area contributed by atoms with Crippen LogP contribution < -0.4 is 15.5 Å². The molecule has 1 fully saturated rings. The van der Waals surface area contributed by atoms with E-state index in [1.54, 1.807) is 10.6 Å². The minimum absolute atomic E-state index is 0.0555. The van der Waals surface area contributed by atoms with E-state index in [2.05, 4.69) is 12.2 Å². The summed E-state index contributed by atoms with van der Waals surface area (Å²) in [6.45, 7) is 0.587. The molecule has 5 rings (SSSR count). The SMILES string of the molecule is C[C@H]1CNCc2cc(-c3ccc4c(=O)c(C(=O)O)cn(C5CC5)c4c3OC(F)F)ccc21. The Labute approximate surface area is 182 Å². The van der Waals surface area contributed by atoms with Crippen molar-refractivity contribution in [3.63, 3.8) is 0 Å². The van der Waals surface area contributed by atoms with E-state index in [-0.39, 0.29) is 28.3 Å². The number of alkyl halides is 2. The Morgan fingerprint density at radius 2 is 2.03 bits per heavy atom. The van der Waals surface area contributed by atoms with E-state index in [0.717, 1.165) is 24.9 Å².